The summed E-state index contributed by atoms with van der Waals surface area (Å²) in [5.74, 6) is 0. The second-order valence-corrected chi connectivity index (χ2v) is 3.94. The van der Waals surface area contributed by atoms with Gasteiger partial charge in [-0.25, -0.2) is 13.6 Å². The van der Waals surface area contributed by atoms with Crippen molar-refractivity contribution in [3.05, 3.63) is 24.0 Å². The van der Waals surface area contributed by atoms with E-state index < -0.39 is 26.7 Å². The second-order valence-electron chi connectivity index (χ2n) is 2.41. The van der Waals surface area contributed by atoms with Crippen molar-refractivity contribution in [1.82, 2.24) is 4.98 Å². The van der Waals surface area contributed by atoms with Crippen LogP contribution in [-0.4, -0.2) is 13.4 Å². The largest absolute Gasteiger partial charge is 0.419 e. The molecule has 0 unspecified atom stereocenters. The first-order valence-corrected chi connectivity index (χ1v) is 4.81. The predicted octanol–water partition coefficient (Wildman–Crippen LogP) is 0.748. The number of nitrogens with two attached hydrogens (primary N) is 1. The molecule has 0 aromatic carbocycles. The molecule has 0 aliphatic heterocycles. The molecule has 0 fully saturated rings. The number of halogens is 3. The van der Waals surface area contributed by atoms with Crippen molar-refractivity contribution in [1.29, 1.82) is 0 Å². The van der Waals surface area contributed by atoms with E-state index in [1.807, 2.05) is 0 Å². The first-order chi connectivity index (χ1) is 6.23. The third-order valence-electron chi connectivity index (χ3n) is 1.39. The van der Waals surface area contributed by atoms with E-state index in [-0.39, 0.29) is 0 Å². The summed E-state index contributed by atoms with van der Waals surface area (Å²) in [4.78, 5) is 2.21. The quantitative estimate of drug-likeness (QED) is 0.767. The van der Waals surface area contributed by atoms with Crippen LogP contribution in [0.5, 0.6) is 0 Å². The van der Waals surface area contributed by atoms with E-state index in [4.69, 9.17) is 0 Å². The molecule has 0 atom stereocenters. The van der Waals surface area contributed by atoms with Crippen molar-refractivity contribution in [3.63, 3.8) is 0 Å². The normalized spacial score (nSPS) is 12.9. The Morgan fingerprint density at radius 1 is 1.36 bits per heavy atom. The van der Waals surface area contributed by atoms with Gasteiger partial charge in [0.25, 0.3) is 0 Å². The predicted molar refractivity (Wildman–Crippen MR) is 40.6 cm³/mol. The molecule has 0 aliphatic carbocycles. The first-order valence-electron chi connectivity index (χ1n) is 3.27. The van der Waals surface area contributed by atoms with Crippen molar-refractivity contribution in [2.24, 2.45) is 5.14 Å². The minimum absolute atomic E-state index is 0.416. The van der Waals surface area contributed by atoms with Crippen molar-refractivity contribution >= 4 is 10.0 Å². The Labute approximate surface area is 77.6 Å². The standard InChI is InChI=1S/C6H5F3N2O2S/c7-6(8,9)4-3-11-2-1-5(4)14(10,12)13/h1-3H,(H2,10,12,13). The van der Waals surface area contributed by atoms with Gasteiger partial charge in [-0.15, -0.1) is 0 Å². The highest BCUT2D eigenvalue weighted by Gasteiger charge is 2.36. The molecular weight excluding hydrogens is 221 g/mol. The third kappa shape index (κ3) is 2.20. The first kappa shape index (κ1) is 10.9. The van der Waals surface area contributed by atoms with Gasteiger partial charge in [0, 0.05) is 12.4 Å². The number of hydrogen-bond donors (Lipinski definition) is 1. The van der Waals surface area contributed by atoms with E-state index in [0.717, 1.165) is 6.20 Å². The van der Waals surface area contributed by atoms with Gasteiger partial charge in [0.1, 0.15) is 0 Å². The Morgan fingerprint density at radius 3 is 2.29 bits per heavy atom. The number of pyridine rings is 1. The van der Waals surface area contributed by atoms with Gasteiger partial charge < -0.3 is 0 Å². The maximum Gasteiger partial charge on any atom is 0.419 e. The van der Waals surface area contributed by atoms with Gasteiger partial charge in [-0.1, -0.05) is 0 Å². The van der Waals surface area contributed by atoms with E-state index in [1.54, 1.807) is 0 Å². The van der Waals surface area contributed by atoms with Crippen LogP contribution in [0.3, 0.4) is 0 Å². The summed E-state index contributed by atoms with van der Waals surface area (Å²) in [6.07, 6.45) is -3.44. The molecule has 0 radical (unpaired) electrons. The number of hydrogen-bond acceptors (Lipinski definition) is 3. The van der Waals surface area contributed by atoms with Crippen molar-refractivity contribution in [2.45, 2.75) is 11.1 Å². The van der Waals surface area contributed by atoms with E-state index in [2.05, 4.69) is 10.1 Å². The Bertz CT molecular complexity index is 441. The highest BCUT2D eigenvalue weighted by molar-refractivity contribution is 7.89. The molecule has 14 heavy (non-hydrogen) atoms. The summed E-state index contributed by atoms with van der Waals surface area (Å²) in [5, 5.41) is 4.60. The van der Waals surface area contributed by atoms with Crippen LogP contribution in [0, 0.1) is 0 Å². The summed E-state index contributed by atoms with van der Waals surface area (Å²) < 4.78 is 58.2. The van der Waals surface area contributed by atoms with Crippen LogP contribution < -0.4 is 5.14 Å². The van der Waals surface area contributed by atoms with Gasteiger partial charge in [0.2, 0.25) is 10.0 Å². The van der Waals surface area contributed by atoms with Crippen LogP contribution >= 0.6 is 0 Å². The molecule has 0 aliphatic rings. The average Bonchev–Trinajstić information content (AvgIpc) is 2.01. The molecule has 0 saturated carbocycles. The molecule has 1 rings (SSSR count). The lowest BCUT2D eigenvalue weighted by molar-refractivity contribution is -0.140. The summed E-state index contributed by atoms with van der Waals surface area (Å²) in [7, 11) is -4.38. The molecule has 1 aromatic rings. The summed E-state index contributed by atoms with van der Waals surface area (Å²) in [5.41, 5.74) is -1.36. The molecule has 0 saturated heterocycles. The zero-order valence-corrected chi connectivity index (χ0v) is 7.43. The SMILES string of the molecule is NS(=O)(=O)c1ccncc1C(F)(F)F. The van der Waals surface area contributed by atoms with Gasteiger partial charge in [0.15, 0.2) is 0 Å². The Balaban J connectivity index is 3.47. The van der Waals surface area contributed by atoms with Crippen LogP contribution in [0.1, 0.15) is 5.56 Å². The van der Waals surface area contributed by atoms with Crippen molar-refractivity contribution in [2.75, 3.05) is 0 Å². The smallest absolute Gasteiger partial charge is 0.264 e. The second kappa shape index (κ2) is 3.21. The van der Waals surface area contributed by atoms with Gasteiger partial charge >= 0.3 is 6.18 Å². The Kier molecular flexibility index (Phi) is 2.50. The van der Waals surface area contributed by atoms with Crippen LogP contribution in [-0.2, 0) is 16.2 Å². The fourth-order valence-corrected chi connectivity index (χ4v) is 1.57. The lowest BCUT2D eigenvalue weighted by Crippen LogP contribution is -2.19. The van der Waals surface area contributed by atoms with Crippen LogP contribution in [0.25, 0.3) is 0 Å². The van der Waals surface area contributed by atoms with Gasteiger partial charge in [-0.05, 0) is 6.07 Å². The molecule has 0 bridgehead atoms. The molecule has 0 amide bonds. The monoisotopic (exact) mass is 226 g/mol. The fraction of sp³-hybridized carbons (Fsp3) is 0.167. The zero-order chi connectivity index (χ0) is 11.0. The minimum Gasteiger partial charge on any atom is -0.264 e. The summed E-state index contributed by atoms with van der Waals surface area (Å²) >= 11 is 0. The molecule has 78 valence electrons. The van der Waals surface area contributed by atoms with Gasteiger partial charge in [-0.2, -0.15) is 13.2 Å². The van der Waals surface area contributed by atoms with E-state index in [1.165, 1.54) is 0 Å². The molecule has 1 heterocycles. The maximum absolute atomic E-state index is 12.2. The number of nitrogens with zero attached hydrogens (tertiary/aromatic N) is 1. The van der Waals surface area contributed by atoms with Crippen molar-refractivity contribution < 1.29 is 21.6 Å². The number of alkyl halides is 3. The van der Waals surface area contributed by atoms with Gasteiger partial charge in [-0.3, -0.25) is 4.98 Å². The van der Waals surface area contributed by atoms with Crippen LogP contribution in [0.15, 0.2) is 23.4 Å². The fourth-order valence-electron chi connectivity index (χ4n) is 0.843. The van der Waals surface area contributed by atoms with Crippen molar-refractivity contribution in [3.8, 4) is 0 Å². The number of aromatic nitrogens is 1. The molecule has 8 heteroatoms. The summed E-state index contributed by atoms with van der Waals surface area (Å²) in [6.45, 7) is 0. The molecule has 2 N–H and O–H groups in total. The number of primary sulfonamides is 1. The molecule has 4 nitrogen and oxygen atoms in total. The third-order valence-corrected chi connectivity index (χ3v) is 2.36. The molecule has 1 aromatic heterocycles. The van der Waals surface area contributed by atoms with Crippen LogP contribution in [0.4, 0.5) is 13.2 Å². The minimum atomic E-state index is -4.78. The molecular formula is C6H5F3N2O2S. The lowest BCUT2D eigenvalue weighted by atomic mass is 10.3. The van der Waals surface area contributed by atoms with E-state index in [9.17, 15) is 21.6 Å². The summed E-state index contributed by atoms with van der Waals surface area (Å²) in [6, 6.07) is 0.707. The highest BCUT2D eigenvalue weighted by Crippen LogP contribution is 2.32. The number of rotatable bonds is 1. The zero-order valence-electron chi connectivity index (χ0n) is 6.62. The Morgan fingerprint density at radius 2 is 1.93 bits per heavy atom. The van der Waals surface area contributed by atoms with Gasteiger partial charge in [0.05, 0.1) is 10.5 Å². The number of sulfonamides is 1. The Hall–Kier alpha value is -1.15. The highest BCUT2D eigenvalue weighted by atomic mass is 32.2. The topological polar surface area (TPSA) is 73.1 Å². The van der Waals surface area contributed by atoms with Crippen LogP contribution in [0.2, 0.25) is 0 Å². The average molecular weight is 226 g/mol. The van der Waals surface area contributed by atoms with E-state index in [0.29, 0.717) is 12.3 Å². The maximum atomic E-state index is 12.2. The van der Waals surface area contributed by atoms with E-state index >= 15 is 0 Å². The molecule has 0 spiro atoms. The lowest BCUT2D eigenvalue weighted by Gasteiger charge is -2.09.